The van der Waals surface area contributed by atoms with Crippen LogP contribution in [0.25, 0.3) is 11.1 Å². The number of hydrogen-bond acceptors (Lipinski definition) is 4. The van der Waals surface area contributed by atoms with E-state index in [1.165, 1.54) is 17.8 Å². The predicted molar refractivity (Wildman–Crippen MR) is 63.5 cm³/mol. The summed E-state index contributed by atoms with van der Waals surface area (Å²) in [5.41, 5.74) is 5.72. The summed E-state index contributed by atoms with van der Waals surface area (Å²) < 4.78 is 18.6. The lowest BCUT2D eigenvalue weighted by molar-refractivity contribution is 0.100. The average molecular weight is 254 g/mol. The summed E-state index contributed by atoms with van der Waals surface area (Å²) in [6, 6.07) is 2.27. The van der Waals surface area contributed by atoms with Crippen molar-refractivity contribution in [2.75, 3.05) is 0 Å². The molecule has 0 saturated heterocycles. The van der Waals surface area contributed by atoms with Crippen LogP contribution in [0.4, 0.5) is 4.39 Å². The third kappa shape index (κ3) is 2.41. The first-order chi connectivity index (χ1) is 7.97. The topological polar surface area (TPSA) is 69.1 Å². The number of nitrogens with two attached hydrogens (primary N) is 1. The highest BCUT2D eigenvalue weighted by atomic mass is 32.2. The van der Waals surface area contributed by atoms with E-state index < -0.39 is 11.7 Å². The molecule has 2 rings (SSSR count). The van der Waals surface area contributed by atoms with E-state index in [9.17, 15) is 9.18 Å². The van der Waals surface area contributed by atoms with Gasteiger partial charge >= 0.3 is 0 Å². The number of nitrogens with zero attached hydrogens (tertiary/aromatic N) is 1. The molecular weight excluding hydrogens is 243 g/mol. The zero-order valence-corrected chi connectivity index (χ0v) is 10.2. The number of amides is 1. The van der Waals surface area contributed by atoms with E-state index in [-0.39, 0.29) is 16.4 Å². The van der Waals surface area contributed by atoms with E-state index in [1.807, 2.05) is 13.8 Å². The van der Waals surface area contributed by atoms with Crippen molar-refractivity contribution in [1.82, 2.24) is 4.98 Å². The van der Waals surface area contributed by atoms with Crippen molar-refractivity contribution in [2.24, 2.45) is 5.73 Å². The highest BCUT2D eigenvalue weighted by Crippen LogP contribution is 2.28. The number of rotatable bonds is 3. The van der Waals surface area contributed by atoms with Gasteiger partial charge in [0.2, 0.25) is 0 Å². The Hall–Kier alpha value is -1.56. The van der Waals surface area contributed by atoms with Crippen molar-refractivity contribution >= 4 is 28.8 Å². The van der Waals surface area contributed by atoms with Crippen LogP contribution in [0.3, 0.4) is 0 Å². The van der Waals surface area contributed by atoms with Crippen LogP contribution < -0.4 is 5.73 Å². The smallest absolute Gasteiger partial charge is 0.257 e. The summed E-state index contributed by atoms with van der Waals surface area (Å²) in [4.78, 5) is 15.3. The molecule has 0 aliphatic rings. The molecule has 0 radical (unpaired) electrons. The maximum absolute atomic E-state index is 13.2. The average Bonchev–Trinajstić information content (AvgIpc) is 2.56. The number of primary amides is 1. The van der Waals surface area contributed by atoms with Crippen molar-refractivity contribution in [3.05, 3.63) is 23.5 Å². The molecule has 4 nitrogen and oxygen atoms in total. The molecular formula is C11H11FN2O2S. The lowest BCUT2D eigenvalue weighted by Gasteiger charge is -1.97. The van der Waals surface area contributed by atoms with Crippen LogP contribution in [0.1, 0.15) is 24.2 Å². The molecule has 2 aromatic rings. The Bertz CT molecular complexity index is 580. The second-order valence-electron chi connectivity index (χ2n) is 3.81. The van der Waals surface area contributed by atoms with E-state index in [0.717, 1.165) is 6.07 Å². The second kappa shape index (κ2) is 4.37. The van der Waals surface area contributed by atoms with Crippen LogP contribution in [0.5, 0.6) is 0 Å². The number of carbonyl (C=O) groups is 1. The SMILES string of the molecule is CC(C)Sc1nc2cc(F)cc(C(N)=O)c2o1. The van der Waals surface area contributed by atoms with Gasteiger partial charge in [0.05, 0.1) is 5.56 Å². The van der Waals surface area contributed by atoms with Gasteiger partial charge in [-0.25, -0.2) is 9.37 Å². The van der Waals surface area contributed by atoms with Crippen LogP contribution in [0.15, 0.2) is 21.8 Å². The number of thioether (sulfide) groups is 1. The monoisotopic (exact) mass is 254 g/mol. The van der Waals surface area contributed by atoms with Gasteiger partial charge < -0.3 is 10.2 Å². The van der Waals surface area contributed by atoms with Gasteiger partial charge in [0.25, 0.3) is 11.1 Å². The van der Waals surface area contributed by atoms with Crippen molar-refractivity contribution in [2.45, 2.75) is 24.3 Å². The van der Waals surface area contributed by atoms with Crippen LogP contribution >= 0.6 is 11.8 Å². The fourth-order valence-corrected chi connectivity index (χ4v) is 2.10. The van der Waals surface area contributed by atoms with E-state index in [1.54, 1.807) is 0 Å². The van der Waals surface area contributed by atoms with E-state index in [2.05, 4.69) is 4.98 Å². The van der Waals surface area contributed by atoms with E-state index >= 15 is 0 Å². The maximum Gasteiger partial charge on any atom is 0.257 e. The Morgan fingerprint density at radius 3 is 2.82 bits per heavy atom. The second-order valence-corrected chi connectivity index (χ2v) is 5.34. The highest BCUT2D eigenvalue weighted by molar-refractivity contribution is 7.99. The van der Waals surface area contributed by atoms with Gasteiger partial charge in [0.1, 0.15) is 11.3 Å². The number of hydrogen-bond donors (Lipinski definition) is 1. The first-order valence-electron chi connectivity index (χ1n) is 5.04. The summed E-state index contributed by atoms with van der Waals surface area (Å²) in [6.07, 6.45) is 0. The van der Waals surface area contributed by atoms with Crippen molar-refractivity contribution < 1.29 is 13.6 Å². The molecule has 0 atom stereocenters. The Balaban J connectivity index is 2.59. The van der Waals surface area contributed by atoms with Gasteiger partial charge in [-0.05, 0) is 6.07 Å². The number of aromatic nitrogens is 1. The lowest BCUT2D eigenvalue weighted by Crippen LogP contribution is -2.11. The van der Waals surface area contributed by atoms with Gasteiger partial charge in [0, 0.05) is 11.3 Å². The molecule has 0 fully saturated rings. The van der Waals surface area contributed by atoms with E-state index in [4.69, 9.17) is 10.2 Å². The molecule has 1 aromatic heterocycles. The van der Waals surface area contributed by atoms with Crippen molar-refractivity contribution in [3.8, 4) is 0 Å². The molecule has 1 aromatic carbocycles. The molecule has 0 aliphatic carbocycles. The zero-order valence-electron chi connectivity index (χ0n) is 9.36. The minimum Gasteiger partial charge on any atom is -0.430 e. The Morgan fingerprint density at radius 2 is 2.24 bits per heavy atom. The summed E-state index contributed by atoms with van der Waals surface area (Å²) in [5.74, 6) is -1.28. The first-order valence-corrected chi connectivity index (χ1v) is 5.92. The predicted octanol–water partition coefficient (Wildman–Crippen LogP) is 2.57. The van der Waals surface area contributed by atoms with Crippen LogP contribution in [0.2, 0.25) is 0 Å². The molecule has 0 unspecified atom stereocenters. The molecule has 90 valence electrons. The molecule has 0 bridgehead atoms. The van der Waals surface area contributed by atoms with Gasteiger partial charge in [-0.2, -0.15) is 0 Å². The van der Waals surface area contributed by atoms with Gasteiger partial charge in [-0.1, -0.05) is 25.6 Å². The van der Waals surface area contributed by atoms with Crippen LogP contribution in [-0.4, -0.2) is 16.1 Å². The quantitative estimate of drug-likeness (QED) is 0.855. The standard InChI is InChI=1S/C11H11FN2O2S/c1-5(2)17-11-14-8-4-6(12)3-7(10(13)15)9(8)16-11/h3-5H,1-2H3,(H2,13,15). The normalized spacial score (nSPS) is 11.3. The number of oxazole rings is 1. The van der Waals surface area contributed by atoms with Gasteiger partial charge in [0.15, 0.2) is 5.58 Å². The van der Waals surface area contributed by atoms with Gasteiger partial charge in [-0.3, -0.25) is 4.79 Å². The number of benzene rings is 1. The first kappa shape index (κ1) is 11.9. The number of fused-ring (bicyclic) bond motifs is 1. The zero-order chi connectivity index (χ0) is 12.6. The summed E-state index contributed by atoms with van der Waals surface area (Å²) in [5, 5.41) is 0.688. The van der Waals surface area contributed by atoms with Crippen molar-refractivity contribution in [3.63, 3.8) is 0 Å². The summed E-state index contributed by atoms with van der Waals surface area (Å²) >= 11 is 1.40. The van der Waals surface area contributed by atoms with Crippen LogP contribution in [0, 0.1) is 5.82 Å². The molecule has 0 spiro atoms. The largest absolute Gasteiger partial charge is 0.430 e. The minimum atomic E-state index is -0.730. The number of carbonyl (C=O) groups excluding carboxylic acids is 1. The fourth-order valence-electron chi connectivity index (χ4n) is 1.41. The highest BCUT2D eigenvalue weighted by Gasteiger charge is 2.16. The Kier molecular flexibility index (Phi) is 3.06. The third-order valence-corrected chi connectivity index (χ3v) is 2.88. The Morgan fingerprint density at radius 1 is 1.53 bits per heavy atom. The van der Waals surface area contributed by atoms with Crippen molar-refractivity contribution in [1.29, 1.82) is 0 Å². The molecule has 0 saturated carbocycles. The van der Waals surface area contributed by atoms with E-state index in [0.29, 0.717) is 10.7 Å². The summed E-state index contributed by atoms with van der Waals surface area (Å²) in [7, 11) is 0. The third-order valence-electron chi connectivity index (χ3n) is 2.04. The summed E-state index contributed by atoms with van der Waals surface area (Å²) in [6.45, 7) is 3.96. The minimum absolute atomic E-state index is 0.0168. The molecule has 1 amide bonds. The molecule has 6 heteroatoms. The number of halogens is 1. The lowest BCUT2D eigenvalue weighted by atomic mass is 10.2. The molecule has 17 heavy (non-hydrogen) atoms. The molecule has 2 N–H and O–H groups in total. The molecule has 0 aliphatic heterocycles. The molecule has 1 heterocycles. The van der Waals surface area contributed by atoms with Gasteiger partial charge in [-0.15, -0.1) is 0 Å². The maximum atomic E-state index is 13.2. The van der Waals surface area contributed by atoms with Crippen LogP contribution in [-0.2, 0) is 0 Å². The fraction of sp³-hybridized carbons (Fsp3) is 0.273. The Labute approximate surface area is 101 Å².